The Bertz CT molecular complexity index is 568. The molecule has 21 heavy (non-hydrogen) atoms. The molecule has 3 nitrogen and oxygen atoms in total. The Morgan fingerprint density at radius 3 is 2.86 bits per heavy atom. The van der Waals surface area contributed by atoms with Crippen LogP contribution < -0.4 is 5.32 Å². The molecule has 0 saturated carbocycles. The highest BCUT2D eigenvalue weighted by Crippen LogP contribution is 2.23. The lowest BCUT2D eigenvalue weighted by molar-refractivity contribution is 0.188. The number of hydrogen-bond acceptors (Lipinski definition) is 3. The number of aryl methyl sites for hydroxylation is 1. The van der Waals surface area contributed by atoms with E-state index in [2.05, 4.69) is 47.6 Å². The number of rotatable bonds is 8. The Morgan fingerprint density at radius 2 is 2.10 bits per heavy atom. The van der Waals surface area contributed by atoms with Crippen molar-refractivity contribution in [1.29, 1.82) is 0 Å². The molecule has 0 spiro atoms. The highest BCUT2D eigenvalue weighted by atomic mass is 16.5. The second-order valence-electron chi connectivity index (χ2n) is 5.55. The molecule has 1 unspecified atom stereocenters. The van der Waals surface area contributed by atoms with Crippen LogP contribution >= 0.6 is 0 Å². The van der Waals surface area contributed by atoms with Gasteiger partial charge in [0.05, 0.1) is 5.52 Å². The molecule has 1 aromatic carbocycles. The molecule has 0 fully saturated rings. The van der Waals surface area contributed by atoms with Crippen molar-refractivity contribution in [3.05, 3.63) is 41.6 Å². The lowest BCUT2D eigenvalue weighted by Gasteiger charge is -2.19. The molecule has 2 aromatic rings. The van der Waals surface area contributed by atoms with Crippen molar-refractivity contribution in [2.75, 3.05) is 20.3 Å². The molecule has 2 rings (SSSR count). The fraction of sp³-hybridized carbons (Fsp3) is 0.500. The first-order valence-corrected chi connectivity index (χ1v) is 7.84. The van der Waals surface area contributed by atoms with Crippen molar-refractivity contribution < 1.29 is 4.74 Å². The Labute approximate surface area is 127 Å². The maximum absolute atomic E-state index is 5.18. The van der Waals surface area contributed by atoms with Gasteiger partial charge >= 0.3 is 0 Å². The summed E-state index contributed by atoms with van der Waals surface area (Å²) in [6, 6.07) is 11.2. The molecule has 1 aromatic heterocycles. The van der Waals surface area contributed by atoms with Crippen LogP contribution in [0.2, 0.25) is 0 Å². The molecule has 0 aliphatic carbocycles. The lowest BCUT2D eigenvalue weighted by Crippen LogP contribution is -2.22. The zero-order chi connectivity index (χ0) is 15.1. The summed E-state index contributed by atoms with van der Waals surface area (Å²) < 4.78 is 5.18. The summed E-state index contributed by atoms with van der Waals surface area (Å²) >= 11 is 0. The summed E-state index contributed by atoms with van der Waals surface area (Å²) in [6.45, 7) is 6.09. The minimum Gasteiger partial charge on any atom is -0.385 e. The van der Waals surface area contributed by atoms with Crippen molar-refractivity contribution in [1.82, 2.24) is 10.3 Å². The van der Waals surface area contributed by atoms with Gasteiger partial charge in [0.15, 0.2) is 0 Å². The number of benzene rings is 1. The van der Waals surface area contributed by atoms with Crippen LogP contribution in [0.1, 0.15) is 43.5 Å². The van der Waals surface area contributed by atoms with Gasteiger partial charge < -0.3 is 10.1 Å². The normalized spacial score (nSPS) is 12.7. The third-order valence-corrected chi connectivity index (χ3v) is 3.74. The van der Waals surface area contributed by atoms with Crippen LogP contribution in [0.25, 0.3) is 10.9 Å². The summed E-state index contributed by atoms with van der Waals surface area (Å²) in [5.41, 5.74) is 3.48. The number of aromatic nitrogens is 1. The predicted octanol–water partition coefficient (Wildman–Crippen LogP) is 4.01. The Balaban J connectivity index is 2.19. The van der Waals surface area contributed by atoms with Crippen molar-refractivity contribution in [3.8, 4) is 0 Å². The van der Waals surface area contributed by atoms with Crippen molar-refractivity contribution in [2.45, 2.75) is 39.2 Å². The Kier molecular flexibility index (Phi) is 6.15. The number of fused-ring (bicyclic) bond motifs is 1. The predicted molar refractivity (Wildman–Crippen MR) is 88.6 cm³/mol. The van der Waals surface area contributed by atoms with Gasteiger partial charge in [-0.1, -0.05) is 19.1 Å². The summed E-state index contributed by atoms with van der Waals surface area (Å²) in [5.74, 6) is 0. The first-order chi connectivity index (χ1) is 10.2. The van der Waals surface area contributed by atoms with E-state index in [9.17, 15) is 0 Å². The van der Waals surface area contributed by atoms with E-state index in [-0.39, 0.29) is 0 Å². The number of methoxy groups -OCH3 is 1. The Morgan fingerprint density at radius 1 is 1.24 bits per heavy atom. The van der Waals surface area contributed by atoms with Gasteiger partial charge in [-0.3, -0.25) is 4.98 Å². The summed E-state index contributed by atoms with van der Waals surface area (Å²) in [5, 5.41) is 4.86. The first-order valence-electron chi connectivity index (χ1n) is 7.84. The topological polar surface area (TPSA) is 34.1 Å². The lowest BCUT2D eigenvalue weighted by atomic mass is 10.00. The number of nitrogens with one attached hydrogen (secondary N) is 1. The first kappa shape index (κ1) is 15.9. The molecule has 0 aliphatic rings. The van der Waals surface area contributed by atoms with Gasteiger partial charge in [-0.15, -0.1) is 0 Å². The second kappa shape index (κ2) is 8.11. The van der Waals surface area contributed by atoms with E-state index >= 15 is 0 Å². The molecule has 1 heterocycles. The molecule has 1 atom stereocenters. The van der Waals surface area contributed by atoms with Gasteiger partial charge in [0.2, 0.25) is 0 Å². The third-order valence-electron chi connectivity index (χ3n) is 3.74. The third kappa shape index (κ3) is 4.51. The zero-order valence-corrected chi connectivity index (χ0v) is 13.4. The van der Waals surface area contributed by atoms with E-state index in [1.807, 2.05) is 6.92 Å². The summed E-state index contributed by atoms with van der Waals surface area (Å²) in [7, 11) is 1.76. The van der Waals surface area contributed by atoms with Crippen LogP contribution in [0, 0.1) is 6.92 Å². The smallest absolute Gasteiger partial charge is 0.0705 e. The molecule has 0 bridgehead atoms. The van der Waals surface area contributed by atoms with E-state index in [4.69, 9.17) is 4.74 Å². The number of pyridine rings is 1. The number of ether oxygens (including phenoxy) is 1. The standard InChI is InChI=1S/C18H26N2O/c1-4-11-19-17(6-5-12-21-3)15-9-10-18-16(13-15)8-7-14(2)20-18/h7-10,13,17,19H,4-6,11-12H2,1-3H3. The minimum absolute atomic E-state index is 0.394. The average molecular weight is 286 g/mol. The van der Waals surface area contributed by atoms with Gasteiger partial charge in [0, 0.05) is 30.8 Å². The molecule has 0 saturated heterocycles. The second-order valence-corrected chi connectivity index (χ2v) is 5.55. The van der Waals surface area contributed by atoms with Crippen molar-refractivity contribution >= 4 is 10.9 Å². The van der Waals surface area contributed by atoms with Crippen molar-refractivity contribution in [3.63, 3.8) is 0 Å². The molecule has 3 heteroatoms. The molecular weight excluding hydrogens is 260 g/mol. The van der Waals surface area contributed by atoms with Gasteiger partial charge in [-0.25, -0.2) is 0 Å². The molecule has 1 N–H and O–H groups in total. The highest BCUT2D eigenvalue weighted by Gasteiger charge is 2.11. The van der Waals surface area contributed by atoms with Crippen LogP contribution in [0.4, 0.5) is 0 Å². The SMILES string of the molecule is CCCNC(CCCOC)c1ccc2nc(C)ccc2c1. The number of hydrogen-bond donors (Lipinski definition) is 1. The quantitative estimate of drug-likeness (QED) is 0.744. The van der Waals surface area contributed by atoms with Crippen LogP contribution in [0.3, 0.4) is 0 Å². The van der Waals surface area contributed by atoms with E-state index < -0.39 is 0 Å². The maximum Gasteiger partial charge on any atom is 0.0705 e. The molecule has 0 aliphatic heterocycles. The molecule has 114 valence electrons. The molecule has 0 radical (unpaired) electrons. The average Bonchev–Trinajstić information content (AvgIpc) is 2.50. The van der Waals surface area contributed by atoms with Crippen molar-refractivity contribution in [2.24, 2.45) is 0 Å². The van der Waals surface area contributed by atoms with Gasteiger partial charge in [0.1, 0.15) is 0 Å². The van der Waals surface area contributed by atoms with Crippen LogP contribution in [-0.4, -0.2) is 25.2 Å². The zero-order valence-electron chi connectivity index (χ0n) is 13.4. The minimum atomic E-state index is 0.394. The fourth-order valence-electron chi connectivity index (χ4n) is 2.60. The van der Waals surface area contributed by atoms with Crippen LogP contribution in [0.15, 0.2) is 30.3 Å². The van der Waals surface area contributed by atoms with Gasteiger partial charge in [-0.05, 0) is 56.5 Å². The number of nitrogens with zero attached hydrogens (tertiary/aromatic N) is 1. The maximum atomic E-state index is 5.18. The molecular formula is C18H26N2O. The van der Waals surface area contributed by atoms with Gasteiger partial charge in [0.25, 0.3) is 0 Å². The van der Waals surface area contributed by atoms with Gasteiger partial charge in [-0.2, -0.15) is 0 Å². The largest absolute Gasteiger partial charge is 0.385 e. The van der Waals surface area contributed by atoms with E-state index in [0.717, 1.165) is 43.6 Å². The monoisotopic (exact) mass is 286 g/mol. The summed E-state index contributed by atoms with van der Waals surface area (Å²) in [6.07, 6.45) is 3.32. The van der Waals surface area contributed by atoms with E-state index in [0.29, 0.717) is 6.04 Å². The van der Waals surface area contributed by atoms with E-state index in [1.165, 1.54) is 10.9 Å². The van der Waals surface area contributed by atoms with E-state index in [1.54, 1.807) is 7.11 Å². The van der Waals surface area contributed by atoms with Crippen LogP contribution in [-0.2, 0) is 4.74 Å². The summed E-state index contributed by atoms with van der Waals surface area (Å²) in [4.78, 5) is 4.57. The highest BCUT2D eigenvalue weighted by molar-refractivity contribution is 5.79. The molecule has 0 amide bonds. The van der Waals surface area contributed by atoms with Crippen LogP contribution in [0.5, 0.6) is 0 Å². The Hall–Kier alpha value is -1.45. The fourth-order valence-corrected chi connectivity index (χ4v) is 2.60.